The minimum Gasteiger partial charge on any atom is -0.355 e. The summed E-state index contributed by atoms with van der Waals surface area (Å²) in [4.78, 5) is 11.1. The zero-order valence-electron chi connectivity index (χ0n) is 8.10. The molecule has 0 fully saturated rings. The molecule has 0 aliphatic heterocycles. The van der Waals surface area contributed by atoms with Gasteiger partial charge in [0, 0.05) is 26.6 Å². The van der Waals surface area contributed by atoms with E-state index < -0.39 is 11.3 Å². The van der Waals surface area contributed by atoms with E-state index >= 15 is 0 Å². The third-order valence-corrected chi connectivity index (χ3v) is 2.61. The molecule has 0 saturated carbocycles. The van der Waals surface area contributed by atoms with Gasteiger partial charge in [-0.15, -0.1) is 0 Å². The minimum atomic E-state index is -1.96. The van der Waals surface area contributed by atoms with Crippen LogP contribution in [0.3, 0.4) is 0 Å². The molecule has 2 N–H and O–H groups in total. The molecule has 0 rings (SSSR count). The number of nitrogens with one attached hydrogen (secondary N) is 1. The van der Waals surface area contributed by atoms with Crippen molar-refractivity contribution in [2.45, 2.75) is 12.8 Å². The van der Waals surface area contributed by atoms with Crippen LogP contribution in [-0.2, 0) is 16.1 Å². The van der Waals surface area contributed by atoms with Crippen LogP contribution in [0.5, 0.6) is 0 Å². The Morgan fingerprint density at radius 3 is 2.79 bits per heavy atom. The van der Waals surface area contributed by atoms with Crippen LogP contribution in [0.1, 0.15) is 12.8 Å². The molecular weight excluding hydrogens is 224 g/mol. The number of rotatable bonds is 7. The lowest BCUT2D eigenvalue weighted by Crippen LogP contribution is -2.33. The van der Waals surface area contributed by atoms with Crippen molar-refractivity contribution in [3.8, 4) is 0 Å². The fraction of sp³-hybridized carbons (Fsp3) is 0.857. The molecule has 0 radical (unpaired) electrons. The molecule has 0 aromatic rings. The van der Waals surface area contributed by atoms with E-state index in [1.54, 1.807) is 0 Å². The van der Waals surface area contributed by atoms with Gasteiger partial charge in [-0.05, 0) is 12.2 Å². The summed E-state index contributed by atoms with van der Waals surface area (Å²) in [5.41, 5.74) is 0. The average Bonchev–Trinajstić information content (AvgIpc) is 2.14. The van der Waals surface area contributed by atoms with Crippen molar-refractivity contribution < 1.29 is 13.6 Å². The van der Waals surface area contributed by atoms with Crippen LogP contribution < -0.4 is 5.32 Å². The fourth-order valence-electron chi connectivity index (χ4n) is 0.759. The first-order chi connectivity index (χ1) is 6.57. The molecule has 84 valence electrons. The quantitative estimate of drug-likeness (QED) is 0.429. The number of carbonyl (C=O) groups excluding carboxylic acids is 1. The van der Waals surface area contributed by atoms with Crippen LogP contribution in [0.15, 0.2) is 0 Å². The van der Waals surface area contributed by atoms with Crippen LogP contribution in [0.2, 0.25) is 0 Å². The summed E-state index contributed by atoms with van der Waals surface area (Å²) in [6.07, 6.45) is 1.20. The lowest BCUT2D eigenvalue weighted by Gasteiger charge is -2.11. The highest BCUT2D eigenvalue weighted by atomic mass is 32.2. The largest absolute Gasteiger partial charge is 0.355 e. The first-order valence-corrected chi connectivity index (χ1v) is 5.97. The summed E-state index contributed by atoms with van der Waals surface area (Å²) in [6.45, 7) is 0.740. The Morgan fingerprint density at radius 2 is 2.29 bits per heavy atom. The minimum absolute atomic E-state index is 0.0452. The lowest BCUT2D eigenvalue weighted by molar-refractivity contribution is -0.121. The van der Waals surface area contributed by atoms with Crippen molar-refractivity contribution in [2.75, 3.05) is 25.9 Å². The molecule has 14 heavy (non-hydrogen) atoms. The van der Waals surface area contributed by atoms with Gasteiger partial charge in [-0.3, -0.25) is 9.35 Å². The van der Waals surface area contributed by atoms with Gasteiger partial charge in [-0.25, -0.2) is 8.51 Å². The maximum Gasteiger partial charge on any atom is 0.234 e. The Morgan fingerprint density at radius 1 is 1.64 bits per heavy atom. The Kier molecular flexibility index (Phi) is 8.15. The van der Waals surface area contributed by atoms with E-state index in [1.807, 2.05) is 0 Å². The SMILES string of the molecule is CN(CCNC(=O)CCCS)S(=O)O. The Bertz CT molecular complexity index is 201. The summed E-state index contributed by atoms with van der Waals surface area (Å²) in [5.74, 6) is 0.643. The van der Waals surface area contributed by atoms with Crippen LogP contribution in [-0.4, -0.2) is 44.9 Å². The maximum absolute atomic E-state index is 11.1. The molecule has 1 atom stereocenters. The van der Waals surface area contributed by atoms with E-state index in [0.29, 0.717) is 25.3 Å². The van der Waals surface area contributed by atoms with Crippen LogP contribution in [0, 0.1) is 0 Å². The number of thiol groups is 1. The van der Waals surface area contributed by atoms with Crippen molar-refractivity contribution in [1.29, 1.82) is 0 Å². The van der Waals surface area contributed by atoms with E-state index in [4.69, 9.17) is 4.55 Å². The third kappa shape index (κ3) is 7.31. The van der Waals surface area contributed by atoms with Crippen LogP contribution in [0.4, 0.5) is 0 Å². The molecule has 0 bridgehead atoms. The first-order valence-electron chi connectivity index (χ1n) is 4.27. The topological polar surface area (TPSA) is 69.6 Å². The van der Waals surface area contributed by atoms with Gasteiger partial charge in [0.15, 0.2) is 0 Å². The van der Waals surface area contributed by atoms with Gasteiger partial charge < -0.3 is 5.32 Å². The predicted molar refractivity (Wildman–Crippen MR) is 59.5 cm³/mol. The zero-order chi connectivity index (χ0) is 11.0. The van der Waals surface area contributed by atoms with Gasteiger partial charge in [0.25, 0.3) is 0 Å². The van der Waals surface area contributed by atoms with Gasteiger partial charge in [-0.1, -0.05) is 0 Å². The number of hydrogen-bond donors (Lipinski definition) is 3. The molecule has 0 saturated heterocycles. The molecule has 1 unspecified atom stereocenters. The van der Waals surface area contributed by atoms with Gasteiger partial charge in [-0.2, -0.15) is 12.6 Å². The second-order valence-corrected chi connectivity index (χ2v) is 4.29. The van der Waals surface area contributed by atoms with Crippen molar-refractivity contribution in [3.63, 3.8) is 0 Å². The van der Waals surface area contributed by atoms with E-state index in [9.17, 15) is 9.00 Å². The lowest BCUT2D eigenvalue weighted by atomic mass is 10.3. The maximum atomic E-state index is 11.1. The summed E-state index contributed by atoms with van der Waals surface area (Å²) in [5, 5.41) is 2.64. The zero-order valence-corrected chi connectivity index (χ0v) is 9.81. The Labute approximate surface area is 92.1 Å². The number of carbonyl (C=O) groups is 1. The van der Waals surface area contributed by atoms with E-state index in [-0.39, 0.29) is 5.91 Å². The van der Waals surface area contributed by atoms with Crippen molar-refractivity contribution in [3.05, 3.63) is 0 Å². The standard InChI is InChI=1S/C7H16N2O3S2/c1-9(14(11)12)5-4-8-7(10)3-2-6-13/h13H,2-6H2,1H3,(H,8,10)(H,11,12). The third-order valence-electron chi connectivity index (χ3n) is 1.58. The molecule has 0 aromatic heterocycles. The van der Waals surface area contributed by atoms with E-state index in [0.717, 1.165) is 6.42 Å². The molecule has 0 spiro atoms. The highest BCUT2D eigenvalue weighted by molar-refractivity contribution is 7.80. The smallest absolute Gasteiger partial charge is 0.234 e. The van der Waals surface area contributed by atoms with Crippen molar-refractivity contribution in [1.82, 2.24) is 9.62 Å². The number of likely N-dealkylation sites (N-methyl/N-ethyl adjacent to an activating group) is 1. The molecular formula is C7H16N2O3S2. The summed E-state index contributed by atoms with van der Waals surface area (Å²) < 4.78 is 20.3. The van der Waals surface area contributed by atoms with E-state index in [2.05, 4.69) is 17.9 Å². The van der Waals surface area contributed by atoms with Gasteiger partial charge in [0.2, 0.25) is 17.2 Å². The molecule has 1 amide bonds. The number of hydrogen-bond acceptors (Lipinski definition) is 3. The summed E-state index contributed by atoms with van der Waals surface area (Å²) in [6, 6.07) is 0. The highest BCUT2D eigenvalue weighted by Gasteiger charge is 2.04. The first kappa shape index (κ1) is 13.9. The second kappa shape index (κ2) is 8.22. The monoisotopic (exact) mass is 240 g/mol. The number of nitrogens with zero attached hydrogens (tertiary/aromatic N) is 1. The summed E-state index contributed by atoms with van der Waals surface area (Å²) >= 11 is 2.02. The van der Waals surface area contributed by atoms with Gasteiger partial charge >= 0.3 is 0 Å². The summed E-state index contributed by atoms with van der Waals surface area (Å²) in [7, 11) is 1.51. The van der Waals surface area contributed by atoms with Gasteiger partial charge in [0.05, 0.1) is 0 Å². The molecule has 0 aromatic carbocycles. The predicted octanol–water partition coefficient (Wildman–Crippen LogP) is -0.119. The second-order valence-electron chi connectivity index (χ2n) is 2.76. The van der Waals surface area contributed by atoms with Crippen molar-refractivity contribution in [2.24, 2.45) is 0 Å². The molecule has 5 nitrogen and oxygen atoms in total. The highest BCUT2D eigenvalue weighted by Crippen LogP contribution is 1.91. The van der Waals surface area contributed by atoms with E-state index in [1.165, 1.54) is 11.4 Å². The molecule has 7 heteroatoms. The van der Waals surface area contributed by atoms with Crippen LogP contribution in [0.25, 0.3) is 0 Å². The normalized spacial score (nSPS) is 12.9. The Balaban J connectivity index is 3.44. The number of amides is 1. The fourth-order valence-corrected chi connectivity index (χ4v) is 1.16. The molecule has 0 aliphatic carbocycles. The van der Waals surface area contributed by atoms with Crippen LogP contribution >= 0.6 is 12.6 Å². The van der Waals surface area contributed by atoms with Gasteiger partial charge in [0.1, 0.15) is 0 Å². The average molecular weight is 240 g/mol. The molecule has 0 heterocycles. The van der Waals surface area contributed by atoms with Crippen molar-refractivity contribution >= 4 is 29.8 Å². The molecule has 0 aliphatic rings. The Hall–Kier alpha value is -0.110.